The van der Waals surface area contributed by atoms with Gasteiger partial charge in [-0.25, -0.2) is 4.98 Å². The summed E-state index contributed by atoms with van der Waals surface area (Å²) in [6.45, 7) is 5.30. The molecule has 28 heavy (non-hydrogen) atoms. The predicted molar refractivity (Wildman–Crippen MR) is 113 cm³/mol. The number of hydrogen-bond acceptors (Lipinski definition) is 6. The molecular weight excluding hydrogens is 352 g/mol. The molecule has 2 aromatic carbocycles. The van der Waals surface area contributed by atoms with E-state index in [9.17, 15) is 0 Å². The van der Waals surface area contributed by atoms with Crippen molar-refractivity contribution in [2.75, 3.05) is 30.9 Å². The van der Waals surface area contributed by atoms with Crippen molar-refractivity contribution in [1.29, 1.82) is 0 Å². The highest BCUT2D eigenvalue weighted by atomic mass is 16.5. The van der Waals surface area contributed by atoms with Crippen molar-refractivity contribution in [3.8, 4) is 11.5 Å². The average Bonchev–Trinajstić information content (AvgIpc) is 2.70. The number of ether oxygens (including phenoxy) is 2. The Morgan fingerprint density at radius 2 is 1.79 bits per heavy atom. The Morgan fingerprint density at radius 3 is 2.54 bits per heavy atom. The maximum atomic E-state index is 5.66. The minimum atomic E-state index is 0.541. The second kappa shape index (κ2) is 9.60. The zero-order chi connectivity index (χ0) is 19.8. The quantitative estimate of drug-likeness (QED) is 0.568. The Labute approximate surface area is 166 Å². The SMILES string of the molecule is CCOc1ccccc1Nc1nc(C)cc(NCCc2ccc(OC)cc2)n1. The van der Waals surface area contributed by atoms with E-state index in [-0.39, 0.29) is 0 Å². The number of methoxy groups -OCH3 is 1. The van der Waals surface area contributed by atoms with Crippen LogP contribution in [0.1, 0.15) is 18.2 Å². The standard InChI is InChI=1S/C22H26N4O2/c1-4-28-20-8-6-5-7-19(20)25-22-24-16(2)15-21(26-22)23-14-13-17-9-11-18(27-3)12-10-17/h5-12,15H,4,13-14H2,1-3H3,(H2,23,24,25,26). The monoisotopic (exact) mass is 378 g/mol. The van der Waals surface area contributed by atoms with Crippen LogP contribution in [0.5, 0.6) is 11.5 Å². The van der Waals surface area contributed by atoms with E-state index in [0.717, 1.165) is 41.7 Å². The van der Waals surface area contributed by atoms with E-state index in [1.165, 1.54) is 5.56 Å². The minimum Gasteiger partial charge on any atom is -0.497 e. The predicted octanol–water partition coefficient (Wildman–Crippen LogP) is 4.59. The summed E-state index contributed by atoms with van der Waals surface area (Å²) < 4.78 is 10.9. The van der Waals surface area contributed by atoms with Crippen molar-refractivity contribution in [2.24, 2.45) is 0 Å². The maximum absolute atomic E-state index is 5.66. The van der Waals surface area contributed by atoms with Crippen molar-refractivity contribution in [3.05, 3.63) is 65.9 Å². The molecule has 0 radical (unpaired) electrons. The molecule has 2 N–H and O–H groups in total. The van der Waals surface area contributed by atoms with E-state index in [4.69, 9.17) is 9.47 Å². The van der Waals surface area contributed by atoms with E-state index in [1.54, 1.807) is 7.11 Å². The molecule has 0 bridgehead atoms. The van der Waals surface area contributed by atoms with Crippen molar-refractivity contribution in [1.82, 2.24) is 9.97 Å². The van der Waals surface area contributed by atoms with Crippen LogP contribution in [0.3, 0.4) is 0 Å². The summed E-state index contributed by atoms with van der Waals surface area (Å²) in [6.07, 6.45) is 0.892. The number of rotatable bonds is 9. The van der Waals surface area contributed by atoms with Crippen LogP contribution in [0.4, 0.5) is 17.5 Å². The van der Waals surface area contributed by atoms with E-state index in [1.807, 2.05) is 56.3 Å². The fourth-order valence-corrected chi connectivity index (χ4v) is 2.81. The largest absolute Gasteiger partial charge is 0.497 e. The van der Waals surface area contributed by atoms with Crippen LogP contribution in [0, 0.1) is 6.92 Å². The first kappa shape index (κ1) is 19.5. The lowest BCUT2D eigenvalue weighted by atomic mass is 10.1. The first-order valence-corrected chi connectivity index (χ1v) is 9.39. The third kappa shape index (κ3) is 5.36. The number of benzene rings is 2. The van der Waals surface area contributed by atoms with Gasteiger partial charge in [0.25, 0.3) is 0 Å². The topological polar surface area (TPSA) is 68.3 Å². The minimum absolute atomic E-state index is 0.541. The summed E-state index contributed by atoms with van der Waals surface area (Å²) in [5, 5.41) is 6.63. The van der Waals surface area contributed by atoms with Gasteiger partial charge in [0.15, 0.2) is 0 Å². The molecule has 0 saturated carbocycles. The lowest BCUT2D eigenvalue weighted by Crippen LogP contribution is -2.09. The van der Waals surface area contributed by atoms with Gasteiger partial charge in [-0.05, 0) is 50.1 Å². The fourth-order valence-electron chi connectivity index (χ4n) is 2.81. The molecule has 0 fully saturated rings. The van der Waals surface area contributed by atoms with Crippen LogP contribution in [-0.2, 0) is 6.42 Å². The Balaban J connectivity index is 1.64. The number of para-hydroxylation sites is 2. The molecule has 3 rings (SSSR count). The highest BCUT2D eigenvalue weighted by molar-refractivity contribution is 5.63. The van der Waals surface area contributed by atoms with Crippen LogP contribution >= 0.6 is 0 Å². The Morgan fingerprint density at radius 1 is 1.00 bits per heavy atom. The first-order valence-electron chi connectivity index (χ1n) is 9.39. The molecule has 0 saturated heterocycles. The molecule has 0 unspecified atom stereocenters. The molecule has 6 nitrogen and oxygen atoms in total. The van der Waals surface area contributed by atoms with Gasteiger partial charge in [-0.15, -0.1) is 0 Å². The van der Waals surface area contributed by atoms with Gasteiger partial charge in [0.2, 0.25) is 5.95 Å². The molecule has 1 heterocycles. The summed E-state index contributed by atoms with van der Waals surface area (Å²) >= 11 is 0. The van der Waals surface area contributed by atoms with Crippen LogP contribution in [0.25, 0.3) is 0 Å². The van der Waals surface area contributed by atoms with E-state index >= 15 is 0 Å². The molecule has 0 amide bonds. The third-order valence-electron chi connectivity index (χ3n) is 4.17. The number of aryl methyl sites for hydroxylation is 1. The first-order chi connectivity index (χ1) is 13.7. The van der Waals surface area contributed by atoms with Crippen LogP contribution in [0.15, 0.2) is 54.6 Å². The third-order valence-corrected chi connectivity index (χ3v) is 4.17. The normalized spacial score (nSPS) is 10.4. The second-order valence-corrected chi connectivity index (χ2v) is 6.30. The van der Waals surface area contributed by atoms with E-state index < -0.39 is 0 Å². The Kier molecular flexibility index (Phi) is 6.68. The van der Waals surface area contributed by atoms with Crippen LogP contribution in [-0.4, -0.2) is 30.2 Å². The molecule has 3 aromatic rings. The molecular formula is C22H26N4O2. The zero-order valence-electron chi connectivity index (χ0n) is 16.5. The molecule has 1 aromatic heterocycles. The maximum Gasteiger partial charge on any atom is 0.229 e. The molecule has 0 atom stereocenters. The number of nitrogens with one attached hydrogen (secondary N) is 2. The van der Waals surface area contributed by atoms with Crippen molar-refractivity contribution >= 4 is 17.5 Å². The van der Waals surface area contributed by atoms with Gasteiger partial charge in [0.1, 0.15) is 17.3 Å². The number of anilines is 3. The van der Waals surface area contributed by atoms with Crippen molar-refractivity contribution in [3.63, 3.8) is 0 Å². The van der Waals surface area contributed by atoms with Gasteiger partial charge in [-0.2, -0.15) is 4.98 Å². The molecule has 0 spiro atoms. The van der Waals surface area contributed by atoms with Crippen LogP contribution < -0.4 is 20.1 Å². The summed E-state index contributed by atoms with van der Waals surface area (Å²) in [5.41, 5.74) is 2.97. The van der Waals surface area contributed by atoms with Gasteiger partial charge < -0.3 is 20.1 Å². The molecule has 0 aliphatic carbocycles. The number of aromatic nitrogens is 2. The average molecular weight is 378 g/mol. The van der Waals surface area contributed by atoms with Crippen molar-refractivity contribution in [2.45, 2.75) is 20.3 Å². The molecule has 146 valence electrons. The van der Waals surface area contributed by atoms with Crippen molar-refractivity contribution < 1.29 is 9.47 Å². The van der Waals surface area contributed by atoms with Gasteiger partial charge in [-0.1, -0.05) is 24.3 Å². The van der Waals surface area contributed by atoms with E-state index in [2.05, 4.69) is 32.7 Å². The zero-order valence-corrected chi connectivity index (χ0v) is 16.5. The second-order valence-electron chi connectivity index (χ2n) is 6.30. The lowest BCUT2D eigenvalue weighted by Gasteiger charge is -2.13. The highest BCUT2D eigenvalue weighted by Crippen LogP contribution is 2.26. The molecule has 0 aliphatic rings. The fraction of sp³-hybridized carbons (Fsp3) is 0.273. The smallest absolute Gasteiger partial charge is 0.229 e. The van der Waals surface area contributed by atoms with Gasteiger partial charge >= 0.3 is 0 Å². The Bertz CT molecular complexity index is 897. The lowest BCUT2D eigenvalue weighted by molar-refractivity contribution is 0.342. The van der Waals surface area contributed by atoms with Crippen LogP contribution in [0.2, 0.25) is 0 Å². The van der Waals surface area contributed by atoms with Gasteiger partial charge in [0.05, 0.1) is 19.4 Å². The number of hydrogen-bond donors (Lipinski definition) is 2. The number of nitrogens with zero attached hydrogens (tertiary/aromatic N) is 2. The summed E-state index contributed by atoms with van der Waals surface area (Å²) in [7, 11) is 1.67. The van der Waals surface area contributed by atoms with E-state index in [0.29, 0.717) is 12.6 Å². The summed E-state index contributed by atoms with van der Waals surface area (Å²) in [4.78, 5) is 9.06. The molecule has 6 heteroatoms. The summed E-state index contributed by atoms with van der Waals surface area (Å²) in [5.74, 6) is 2.98. The highest BCUT2D eigenvalue weighted by Gasteiger charge is 2.07. The van der Waals surface area contributed by atoms with Gasteiger partial charge in [-0.3, -0.25) is 0 Å². The molecule has 0 aliphatic heterocycles. The summed E-state index contributed by atoms with van der Waals surface area (Å²) in [6, 6.07) is 17.8. The van der Waals surface area contributed by atoms with Gasteiger partial charge in [0, 0.05) is 18.3 Å². The Hall–Kier alpha value is -3.28.